The maximum atomic E-state index is 11.7. The number of ether oxygens (including phenoxy) is 1. The second-order valence-electron chi connectivity index (χ2n) is 5.61. The first-order chi connectivity index (χ1) is 9.79. The van der Waals surface area contributed by atoms with Crippen molar-refractivity contribution in [3.8, 4) is 5.75 Å². The van der Waals surface area contributed by atoms with Gasteiger partial charge >= 0.3 is 5.97 Å². The molecule has 1 aliphatic rings. The number of para-hydroxylation sites is 1. The fourth-order valence-corrected chi connectivity index (χ4v) is 3.90. The molecule has 0 saturated heterocycles. The van der Waals surface area contributed by atoms with Crippen molar-refractivity contribution in [1.29, 1.82) is 0 Å². The lowest BCUT2D eigenvalue weighted by Crippen LogP contribution is -2.33. The number of aryl methyl sites for hydroxylation is 1. The van der Waals surface area contributed by atoms with Crippen molar-refractivity contribution in [3.05, 3.63) is 29.3 Å². The number of benzene rings is 1. The van der Waals surface area contributed by atoms with Crippen LogP contribution in [0.3, 0.4) is 0 Å². The van der Waals surface area contributed by atoms with Crippen molar-refractivity contribution in [2.24, 2.45) is 0 Å². The van der Waals surface area contributed by atoms with Crippen molar-refractivity contribution in [2.45, 2.75) is 44.0 Å². The Kier molecular flexibility index (Phi) is 4.56. The Morgan fingerprint density at radius 2 is 2.05 bits per heavy atom. The second kappa shape index (κ2) is 6.05. The van der Waals surface area contributed by atoms with Gasteiger partial charge in [0.2, 0.25) is 0 Å². The minimum atomic E-state index is -3.08. The summed E-state index contributed by atoms with van der Waals surface area (Å²) < 4.78 is 29.2. The minimum Gasteiger partial charge on any atom is -0.489 e. The summed E-state index contributed by atoms with van der Waals surface area (Å²) in [7, 11) is -3.08. The molecule has 0 amide bonds. The fourth-order valence-electron chi connectivity index (χ4n) is 2.74. The Bertz CT molecular complexity index is 635. The topological polar surface area (TPSA) is 80.7 Å². The largest absolute Gasteiger partial charge is 0.489 e. The summed E-state index contributed by atoms with van der Waals surface area (Å²) in [6.45, 7) is 1.79. The smallest absolute Gasteiger partial charge is 0.339 e. The molecule has 5 nitrogen and oxygen atoms in total. The van der Waals surface area contributed by atoms with E-state index in [1.807, 2.05) is 0 Å². The van der Waals surface area contributed by atoms with Gasteiger partial charge in [0, 0.05) is 12.7 Å². The van der Waals surface area contributed by atoms with Crippen LogP contribution >= 0.6 is 0 Å². The zero-order chi connectivity index (χ0) is 15.6. The van der Waals surface area contributed by atoms with E-state index in [-0.39, 0.29) is 11.7 Å². The maximum absolute atomic E-state index is 11.7. The average Bonchev–Trinajstić information content (AvgIpc) is 2.40. The van der Waals surface area contributed by atoms with Crippen LogP contribution in [0.15, 0.2) is 18.2 Å². The number of carboxylic acids is 1. The van der Waals surface area contributed by atoms with Crippen molar-refractivity contribution < 1.29 is 23.1 Å². The highest BCUT2D eigenvalue weighted by Crippen LogP contribution is 2.31. The molecule has 0 bridgehead atoms. The molecule has 6 heteroatoms. The molecule has 0 spiro atoms. The number of aromatic carboxylic acids is 1. The molecule has 1 N–H and O–H groups in total. The van der Waals surface area contributed by atoms with E-state index in [4.69, 9.17) is 4.74 Å². The number of sulfone groups is 1. The summed E-state index contributed by atoms with van der Waals surface area (Å²) in [4.78, 5) is 11.3. The van der Waals surface area contributed by atoms with Gasteiger partial charge < -0.3 is 9.84 Å². The lowest BCUT2D eigenvalue weighted by molar-refractivity contribution is 0.0685. The van der Waals surface area contributed by atoms with Crippen molar-refractivity contribution in [3.63, 3.8) is 0 Å². The van der Waals surface area contributed by atoms with Gasteiger partial charge in [-0.05, 0) is 37.8 Å². The number of carboxylic acid groups (broad SMARTS) is 1. The van der Waals surface area contributed by atoms with Gasteiger partial charge in [0.25, 0.3) is 0 Å². The van der Waals surface area contributed by atoms with Crippen LogP contribution < -0.4 is 4.74 Å². The zero-order valence-corrected chi connectivity index (χ0v) is 13.0. The van der Waals surface area contributed by atoms with Crippen LogP contribution in [0.1, 0.15) is 41.6 Å². The first-order valence-corrected chi connectivity index (χ1v) is 8.93. The third-order valence-electron chi connectivity index (χ3n) is 3.91. The normalized spacial score (nSPS) is 22.8. The summed E-state index contributed by atoms with van der Waals surface area (Å²) in [5, 5.41) is 8.83. The van der Waals surface area contributed by atoms with Gasteiger partial charge in [-0.3, -0.25) is 0 Å². The van der Waals surface area contributed by atoms with E-state index < -0.39 is 21.1 Å². The molecular formula is C15H20O5S. The van der Waals surface area contributed by atoms with Gasteiger partial charge in [0.1, 0.15) is 21.2 Å². The molecule has 1 saturated carbocycles. The van der Waals surface area contributed by atoms with E-state index in [0.29, 0.717) is 18.6 Å². The van der Waals surface area contributed by atoms with E-state index >= 15 is 0 Å². The molecule has 2 unspecified atom stereocenters. The summed E-state index contributed by atoms with van der Waals surface area (Å²) in [6.07, 6.45) is 3.59. The Morgan fingerprint density at radius 1 is 1.33 bits per heavy atom. The van der Waals surface area contributed by atoms with Gasteiger partial charge in [0.15, 0.2) is 0 Å². The molecule has 21 heavy (non-hydrogen) atoms. The van der Waals surface area contributed by atoms with Gasteiger partial charge in [0.05, 0.1) is 11.4 Å². The fraction of sp³-hybridized carbons (Fsp3) is 0.533. The van der Waals surface area contributed by atoms with E-state index in [1.165, 1.54) is 12.3 Å². The van der Waals surface area contributed by atoms with Gasteiger partial charge in [-0.2, -0.15) is 0 Å². The molecule has 1 fully saturated rings. The summed E-state index contributed by atoms with van der Waals surface area (Å²) in [5.74, 6) is -0.687. The van der Waals surface area contributed by atoms with Gasteiger partial charge in [-0.1, -0.05) is 12.1 Å². The highest BCUT2D eigenvalue weighted by Gasteiger charge is 2.30. The molecule has 0 heterocycles. The van der Waals surface area contributed by atoms with Crippen LogP contribution in [-0.4, -0.2) is 37.1 Å². The van der Waals surface area contributed by atoms with E-state index in [2.05, 4.69) is 0 Å². The SMILES string of the molecule is Cc1cccc(C(=O)O)c1OC1CCCC(S(C)(=O)=O)C1. The predicted molar refractivity (Wildman–Crippen MR) is 79.7 cm³/mol. The Labute approximate surface area is 124 Å². The zero-order valence-electron chi connectivity index (χ0n) is 12.2. The van der Waals surface area contributed by atoms with Crippen molar-refractivity contribution >= 4 is 15.8 Å². The van der Waals surface area contributed by atoms with Crippen LogP contribution in [-0.2, 0) is 9.84 Å². The molecule has 1 aromatic rings. The quantitative estimate of drug-likeness (QED) is 0.923. The minimum absolute atomic E-state index is 0.122. The highest BCUT2D eigenvalue weighted by molar-refractivity contribution is 7.91. The van der Waals surface area contributed by atoms with Gasteiger partial charge in [-0.25, -0.2) is 13.2 Å². The van der Waals surface area contributed by atoms with Crippen LogP contribution in [0, 0.1) is 6.92 Å². The molecule has 0 radical (unpaired) electrons. The monoisotopic (exact) mass is 312 g/mol. The lowest BCUT2D eigenvalue weighted by atomic mass is 9.97. The van der Waals surface area contributed by atoms with E-state index in [0.717, 1.165) is 18.4 Å². The van der Waals surface area contributed by atoms with Crippen LogP contribution in [0.2, 0.25) is 0 Å². The number of rotatable bonds is 4. The Hall–Kier alpha value is -1.56. The average molecular weight is 312 g/mol. The standard InChI is InChI=1S/C15H20O5S/c1-10-5-3-8-13(15(16)17)14(10)20-11-6-4-7-12(9-11)21(2,18)19/h3,5,8,11-12H,4,6-7,9H2,1-2H3,(H,16,17). The summed E-state index contributed by atoms with van der Waals surface area (Å²) in [5.41, 5.74) is 0.868. The Morgan fingerprint density at radius 3 is 2.67 bits per heavy atom. The van der Waals surface area contributed by atoms with E-state index in [1.54, 1.807) is 19.1 Å². The molecule has 1 aliphatic carbocycles. The first kappa shape index (κ1) is 15.8. The third-order valence-corrected chi connectivity index (χ3v) is 5.55. The molecule has 0 aliphatic heterocycles. The second-order valence-corrected chi connectivity index (χ2v) is 7.94. The molecule has 2 rings (SSSR count). The molecule has 116 valence electrons. The predicted octanol–water partition coefficient (Wildman–Crippen LogP) is 2.43. The third kappa shape index (κ3) is 3.75. The maximum Gasteiger partial charge on any atom is 0.339 e. The van der Waals surface area contributed by atoms with E-state index in [9.17, 15) is 18.3 Å². The number of carbonyl (C=O) groups is 1. The Balaban J connectivity index is 2.21. The van der Waals surface area contributed by atoms with Crippen molar-refractivity contribution in [2.75, 3.05) is 6.26 Å². The lowest BCUT2D eigenvalue weighted by Gasteiger charge is -2.29. The van der Waals surface area contributed by atoms with Gasteiger partial charge in [-0.15, -0.1) is 0 Å². The van der Waals surface area contributed by atoms with Crippen LogP contribution in [0.4, 0.5) is 0 Å². The number of hydrogen-bond acceptors (Lipinski definition) is 4. The first-order valence-electron chi connectivity index (χ1n) is 6.97. The molecule has 0 aromatic heterocycles. The van der Waals surface area contributed by atoms with Crippen molar-refractivity contribution in [1.82, 2.24) is 0 Å². The summed E-state index contributed by atoms with van der Waals surface area (Å²) in [6, 6.07) is 4.96. The highest BCUT2D eigenvalue weighted by atomic mass is 32.2. The number of hydrogen-bond donors (Lipinski definition) is 1. The van der Waals surface area contributed by atoms with Crippen LogP contribution in [0.5, 0.6) is 5.75 Å². The summed E-state index contributed by atoms with van der Waals surface area (Å²) >= 11 is 0. The molecule has 1 aromatic carbocycles. The molecule has 2 atom stereocenters. The van der Waals surface area contributed by atoms with Crippen LogP contribution in [0.25, 0.3) is 0 Å². The molecular weight excluding hydrogens is 292 g/mol.